The zero-order chi connectivity index (χ0) is 9.35. The predicted octanol–water partition coefficient (Wildman–Crippen LogP) is 1.50. The van der Waals surface area contributed by atoms with Gasteiger partial charge < -0.3 is 5.73 Å². The smallest absolute Gasteiger partial charge is 0.263 e. The first-order valence-electron chi connectivity index (χ1n) is 3.22. The summed E-state index contributed by atoms with van der Waals surface area (Å²) in [6, 6.07) is 4.61. The highest BCUT2D eigenvalue weighted by Gasteiger charge is 2.12. The van der Waals surface area contributed by atoms with Crippen molar-refractivity contribution in [2.75, 3.05) is 5.73 Å². The lowest BCUT2D eigenvalue weighted by Crippen LogP contribution is -1.97. The van der Waals surface area contributed by atoms with Crippen molar-refractivity contribution in [3.8, 4) is 0 Å². The molecule has 5 heteroatoms. The number of aryl methyl sites for hydroxylation is 1. The van der Waals surface area contributed by atoms with Gasteiger partial charge in [0.2, 0.25) is 0 Å². The molecule has 0 fully saturated rings. The predicted molar refractivity (Wildman–Crippen MR) is 48.6 cm³/mol. The van der Waals surface area contributed by atoms with E-state index in [0.29, 0.717) is 0 Å². The van der Waals surface area contributed by atoms with Crippen LogP contribution in [0.15, 0.2) is 23.1 Å². The van der Waals surface area contributed by atoms with Gasteiger partial charge in [0.15, 0.2) is 0 Å². The third kappa shape index (κ3) is 1.89. The largest absolute Gasteiger partial charge is 0.398 e. The molecule has 3 nitrogen and oxygen atoms in total. The molecular formula is C7H8ClNO2S. The summed E-state index contributed by atoms with van der Waals surface area (Å²) in [5.74, 6) is 0. The van der Waals surface area contributed by atoms with E-state index in [1.807, 2.05) is 6.92 Å². The number of nitrogens with two attached hydrogens (primary N) is 1. The maximum atomic E-state index is 10.9. The van der Waals surface area contributed by atoms with Crippen LogP contribution in [0.25, 0.3) is 0 Å². The summed E-state index contributed by atoms with van der Waals surface area (Å²) in [6.45, 7) is 1.82. The van der Waals surface area contributed by atoms with Crippen LogP contribution >= 0.6 is 10.7 Å². The number of nitrogen functional groups attached to an aromatic ring is 1. The van der Waals surface area contributed by atoms with Gasteiger partial charge in [-0.3, -0.25) is 0 Å². The highest BCUT2D eigenvalue weighted by atomic mass is 35.7. The van der Waals surface area contributed by atoms with E-state index in [2.05, 4.69) is 0 Å². The Bertz CT molecular complexity index is 400. The maximum Gasteiger partial charge on any atom is 0.263 e. The Kier molecular flexibility index (Phi) is 2.30. The molecule has 0 aliphatic rings. The van der Waals surface area contributed by atoms with Crippen LogP contribution in [0.3, 0.4) is 0 Å². The second kappa shape index (κ2) is 2.95. The molecule has 66 valence electrons. The fraction of sp³-hybridized carbons (Fsp3) is 0.143. The molecule has 2 N–H and O–H groups in total. The fourth-order valence-corrected chi connectivity index (χ4v) is 1.88. The zero-order valence-corrected chi connectivity index (χ0v) is 7.98. The van der Waals surface area contributed by atoms with Crippen molar-refractivity contribution in [3.05, 3.63) is 23.8 Å². The molecule has 0 aliphatic heterocycles. The van der Waals surface area contributed by atoms with Crippen molar-refractivity contribution >= 4 is 25.4 Å². The van der Waals surface area contributed by atoms with Crippen molar-refractivity contribution in [3.63, 3.8) is 0 Å². The zero-order valence-electron chi connectivity index (χ0n) is 6.41. The normalized spacial score (nSPS) is 11.5. The lowest BCUT2D eigenvalue weighted by Gasteiger charge is -2.01. The minimum Gasteiger partial charge on any atom is -0.398 e. The molecule has 0 saturated heterocycles. The Morgan fingerprint density at radius 1 is 1.42 bits per heavy atom. The average molecular weight is 206 g/mol. The molecule has 1 aromatic carbocycles. The molecule has 0 amide bonds. The van der Waals surface area contributed by atoms with Crippen molar-refractivity contribution < 1.29 is 8.42 Å². The Balaban J connectivity index is 3.39. The number of hydrogen-bond acceptors (Lipinski definition) is 3. The van der Waals surface area contributed by atoms with Gasteiger partial charge in [-0.15, -0.1) is 0 Å². The first-order valence-corrected chi connectivity index (χ1v) is 5.53. The topological polar surface area (TPSA) is 60.2 Å². The standard InChI is InChI=1S/C7H8ClNO2S/c1-5-2-3-7(6(9)4-5)12(8,10)11/h2-4H,9H2,1H3. The molecule has 0 aliphatic carbocycles. The summed E-state index contributed by atoms with van der Waals surface area (Å²) in [5, 5.41) is 0. The van der Waals surface area contributed by atoms with Gasteiger partial charge >= 0.3 is 0 Å². The van der Waals surface area contributed by atoms with Crippen molar-refractivity contribution in [1.82, 2.24) is 0 Å². The van der Waals surface area contributed by atoms with Crippen LogP contribution in [0.1, 0.15) is 5.56 Å². The van der Waals surface area contributed by atoms with Gasteiger partial charge in [-0.2, -0.15) is 0 Å². The highest BCUT2D eigenvalue weighted by Crippen LogP contribution is 2.22. The van der Waals surface area contributed by atoms with Crippen LogP contribution in [0.4, 0.5) is 5.69 Å². The van der Waals surface area contributed by atoms with Crippen LogP contribution in [0.2, 0.25) is 0 Å². The van der Waals surface area contributed by atoms with E-state index in [1.165, 1.54) is 6.07 Å². The summed E-state index contributed by atoms with van der Waals surface area (Å²) in [6.07, 6.45) is 0. The second-order valence-electron chi connectivity index (χ2n) is 2.48. The number of hydrogen-bond donors (Lipinski definition) is 1. The van der Waals surface area contributed by atoms with Crippen LogP contribution in [0.5, 0.6) is 0 Å². The molecule has 0 unspecified atom stereocenters. The molecule has 0 aromatic heterocycles. The Morgan fingerprint density at radius 3 is 2.42 bits per heavy atom. The first kappa shape index (κ1) is 9.35. The van der Waals surface area contributed by atoms with Gasteiger partial charge in [-0.05, 0) is 24.6 Å². The molecule has 0 radical (unpaired) electrons. The third-order valence-corrected chi connectivity index (χ3v) is 2.82. The monoisotopic (exact) mass is 205 g/mol. The van der Waals surface area contributed by atoms with Gasteiger partial charge in [0.05, 0.1) is 5.69 Å². The molecule has 1 rings (SSSR count). The quantitative estimate of drug-likeness (QED) is 0.559. The van der Waals surface area contributed by atoms with Gasteiger partial charge in [0, 0.05) is 10.7 Å². The van der Waals surface area contributed by atoms with Gasteiger partial charge in [0.25, 0.3) is 9.05 Å². The SMILES string of the molecule is Cc1ccc(S(=O)(=O)Cl)c(N)c1. The van der Waals surface area contributed by atoms with E-state index in [1.54, 1.807) is 12.1 Å². The van der Waals surface area contributed by atoms with Crippen molar-refractivity contribution in [2.24, 2.45) is 0 Å². The second-order valence-corrected chi connectivity index (χ2v) is 5.01. The van der Waals surface area contributed by atoms with Gasteiger partial charge in [-0.25, -0.2) is 8.42 Å². The molecule has 0 bridgehead atoms. The van der Waals surface area contributed by atoms with Crippen LogP contribution in [-0.4, -0.2) is 8.42 Å². The maximum absolute atomic E-state index is 10.9. The van der Waals surface area contributed by atoms with E-state index in [4.69, 9.17) is 16.4 Å². The lowest BCUT2D eigenvalue weighted by molar-refractivity contribution is 0.610. The molecule has 0 saturated carbocycles. The molecule has 0 spiro atoms. The summed E-state index contributed by atoms with van der Waals surface area (Å²) < 4.78 is 21.7. The fourth-order valence-electron chi connectivity index (χ4n) is 0.890. The molecular weight excluding hydrogens is 198 g/mol. The molecule has 1 aromatic rings. The van der Waals surface area contributed by atoms with Crippen LogP contribution in [0, 0.1) is 6.92 Å². The van der Waals surface area contributed by atoms with Gasteiger partial charge in [-0.1, -0.05) is 6.07 Å². The van der Waals surface area contributed by atoms with Crippen molar-refractivity contribution in [1.29, 1.82) is 0 Å². The molecule has 12 heavy (non-hydrogen) atoms. The van der Waals surface area contributed by atoms with E-state index < -0.39 is 9.05 Å². The summed E-state index contributed by atoms with van der Waals surface area (Å²) >= 11 is 0. The summed E-state index contributed by atoms with van der Waals surface area (Å²) in [5.41, 5.74) is 6.53. The number of benzene rings is 1. The average Bonchev–Trinajstić information content (AvgIpc) is 1.83. The minimum atomic E-state index is -3.70. The van der Waals surface area contributed by atoms with Gasteiger partial charge in [0.1, 0.15) is 4.90 Å². The van der Waals surface area contributed by atoms with E-state index in [-0.39, 0.29) is 10.6 Å². The Morgan fingerprint density at radius 2 is 2.00 bits per heavy atom. The van der Waals surface area contributed by atoms with Crippen LogP contribution < -0.4 is 5.73 Å². The van der Waals surface area contributed by atoms with E-state index >= 15 is 0 Å². The number of rotatable bonds is 1. The summed E-state index contributed by atoms with van der Waals surface area (Å²) in [7, 11) is 1.41. The lowest BCUT2D eigenvalue weighted by atomic mass is 10.2. The van der Waals surface area contributed by atoms with Crippen LogP contribution in [-0.2, 0) is 9.05 Å². The van der Waals surface area contributed by atoms with E-state index in [0.717, 1.165) is 5.56 Å². The highest BCUT2D eigenvalue weighted by molar-refractivity contribution is 8.13. The Labute approximate surface area is 75.6 Å². The van der Waals surface area contributed by atoms with Crippen molar-refractivity contribution in [2.45, 2.75) is 11.8 Å². The number of halogens is 1. The Hall–Kier alpha value is -0.740. The van der Waals surface area contributed by atoms with E-state index in [9.17, 15) is 8.42 Å². The third-order valence-electron chi connectivity index (χ3n) is 1.43. The summed E-state index contributed by atoms with van der Waals surface area (Å²) in [4.78, 5) is -0.0326. The molecule has 0 heterocycles. The first-order chi connectivity index (χ1) is 5.41. The minimum absolute atomic E-state index is 0.0326. The number of anilines is 1. The molecule has 0 atom stereocenters.